The molecule has 0 bridgehead atoms. The zero-order valence-corrected chi connectivity index (χ0v) is 9.52. The molecule has 0 fully saturated rings. The monoisotopic (exact) mass is 233 g/mol. The predicted octanol–water partition coefficient (Wildman–Crippen LogP) is 0.692. The fourth-order valence-electron chi connectivity index (χ4n) is 1.15. The smallest absolute Gasteiger partial charge is 0.409 e. The molecule has 16 heavy (non-hydrogen) atoms. The highest BCUT2D eigenvalue weighted by atomic mass is 16.6. The number of aliphatic hydroxyl groups is 1. The molecule has 0 unspecified atom stereocenters. The number of carbonyl (C=O) groups is 2. The molecular formula is C10H19NO5. The normalized spacial score (nSPS) is 9.88. The number of aliphatic carboxylic acids is 1. The van der Waals surface area contributed by atoms with Crippen LogP contribution in [0.3, 0.4) is 0 Å². The van der Waals surface area contributed by atoms with Gasteiger partial charge in [0, 0.05) is 19.7 Å². The number of nitrogens with zero attached hydrogens (tertiary/aromatic N) is 1. The summed E-state index contributed by atoms with van der Waals surface area (Å²) in [5, 5.41) is 17.1. The van der Waals surface area contributed by atoms with E-state index in [9.17, 15) is 9.59 Å². The molecule has 0 aliphatic heterocycles. The maximum atomic E-state index is 11.4. The summed E-state index contributed by atoms with van der Waals surface area (Å²) in [7, 11) is 0. The Morgan fingerprint density at radius 2 is 1.94 bits per heavy atom. The number of carboxylic acid groups (broad SMARTS) is 1. The number of hydrogen-bond acceptors (Lipinski definition) is 4. The van der Waals surface area contributed by atoms with Gasteiger partial charge in [-0.2, -0.15) is 0 Å². The summed E-state index contributed by atoms with van der Waals surface area (Å²) in [5.74, 6) is -0.948. The van der Waals surface area contributed by atoms with Crippen molar-refractivity contribution in [3.8, 4) is 0 Å². The molecule has 0 aromatic rings. The van der Waals surface area contributed by atoms with E-state index in [1.54, 1.807) is 6.92 Å². The van der Waals surface area contributed by atoms with Gasteiger partial charge in [-0.15, -0.1) is 0 Å². The number of unbranched alkanes of at least 4 members (excludes halogenated alkanes) is 1. The second-order valence-corrected chi connectivity index (χ2v) is 3.26. The highest BCUT2D eigenvalue weighted by Crippen LogP contribution is 2.00. The van der Waals surface area contributed by atoms with Crippen LogP contribution in [0.5, 0.6) is 0 Å². The fraction of sp³-hybridized carbons (Fsp3) is 0.800. The van der Waals surface area contributed by atoms with E-state index in [1.165, 1.54) is 4.90 Å². The van der Waals surface area contributed by atoms with Crippen molar-refractivity contribution < 1.29 is 24.5 Å². The number of ether oxygens (including phenoxy) is 1. The lowest BCUT2D eigenvalue weighted by Crippen LogP contribution is -2.34. The molecule has 6 nitrogen and oxygen atoms in total. The maximum Gasteiger partial charge on any atom is 0.409 e. The Hall–Kier alpha value is -1.30. The van der Waals surface area contributed by atoms with Crippen LogP contribution in [0.2, 0.25) is 0 Å². The van der Waals surface area contributed by atoms with Crippen molar-refractivity contribution in [2.75, 3.05) is 26.3 Å². The number of carboxylic acids is 1. The number of rotatable bonds is 8. The zero-order chi connectivity index (χ0) is 12.4. The van der Waals surface area contributed by atoms with E-state index in [1.807, 2.05) is 0 Å². The van der Waals surface area contributed by atoms with Gasteiger partial charge in [0.1, 0.15) is 0 Å². The Morgan fingerprint density at radius 1 is 1.25 bits per heavy atom. The first-order valence-electron chi connectivity index (χ1n) is 5.36. The third kappa shape index (κ3) is 7.05. The molecule has 0 radical (unpaired) electrons. The van der Waals surface area contributed by atoms with E-state index in [2.05, 4.69) is 0 Å². The van der Waals surface area contributed by atoms with Crippen LogP contribution >= 0.6 is 0 Å². The van der Waals surface area contributed by atoms with Crippen molar-refractivity contribution in [1.29, 1.82) is 0 Å². The molecule has 0 rings (SSSR count). The van der Waals surface area contributed by atoms with E-state index in [4.69, 9.17) is 14.9 Å². The van der Waals surface area contributed by atoms with Crippen molar-refractivity contribution in [3.05, 3.63) is 0 Å². The van der Waals surface area contributed by atoms with Gasteiger partial charge < -0.3 is 19.8 Å². The first-order chi connectivity index (χ1) is 7.61. The van der Waals surface area contributed by atoms with E-state index < -0.39 is 12.1 Å². The van der Waals surface area contributed by atoms with Crippen LogP contribution in [0.4, 0.5) is 4.79 Å². The van der Waals surface area contributed by atoms with Gasteiger partial charge in [-0.05, 0) is 19.8 Å². The molecule has 0 aliphatic rings. The molecule has 0 aromatic carbocycles. The predicted molar refractivity (Wildman–Crippen MR) is 57.2 cm³/mol. The molecular weight excluding hydrogens is 214 g/mol. The minimum absolute atomic E-state index is 0.0651. The molecule has 0 spiro atoms. The summed E-state index contributed by atoms with van der Waals surface area (Å²) < 4.78 is 4.80. The number of hydrogen-bond donors (Lipinski definition) is 2. The molecule has 0 atom stereocenters. The topological polar surface area (TPSA) is 87.1 Å². The molecule has 94 valence electrons. The molecule has 0 heterocycles. The van der Waals surface area contributed by atoms with Crippen LogP contribution in [0.1, 0.15) is 26.2 Å². The van der Waals surface area contributed by atoms with E-state index in [-0.39, 0.29) is 26.2 Å². The van der Waals surface area contributed by atoms with E-state index in [0.717, 1.165) is 0 Å². The Bertz CT molecular complexity index is 219. The lowest BCUT2D eigenvalue weighted by Gasteiger charge is -2.20. The largest absolute Gasteiger partial charge is 0.481 e. The van der Waals surface area contributed by atoms with Gasteiger partial charge >= 0.3 is 12.1 Å². The SMILES string of the molecule is CCOC(=O)N(CCCCO)CCC(=O)O. The molecule has 0 saturated heterocycles. The van der Waals surface area contributed by atoms with Gasteiger partial charge in [-0.3, -0.25) is 4.79 Å². The summed E-state index contributed by atoms with van der Waals surface area (Å²) >= 11 is 0. The minimum Gasteiger partial charge on any atom is -0.481 e. The van der Waals surface area contributed by atoms with Crippen LogP contribution in [0, 0.1) is 0 Å². The minimum atomic E-state index is -0.948. The average molecular weight is 233 g/mol. The van der Waals surface area contributed by atoms with Gasteiger partial charge in [0.05, 0.1) is 13.0 Å². The van der Waals surface area contributed by atoms with Crippen molar-refractivity contribution in [1.82, 2.24) is 4.90 Å². The van der Waals surface area contributed by atoms with Crippen LogP contribution in [-0.4, -0.2) is 53.5 Å². The second kappa shape index (κ2) is 8.96. The third-order valence-corrected chi connectivity index (χ3v) is 1.96. The van der Waals surface area contributed by atoms with Crippen LogP contribution in [-0.2, 0) is 9.53 Å². The van der Waals surface area contributed by atoms with Crippen LogP contribution in [0.15, 0.2) is 0 Å². The van der Waals surface area contributed by atoms with Gasteiger partial charge in [0.25, 0.3) is 0 Å². The third-order valence-electron chi connectivity index (χ3n) is 1.96. The van der Waals surface area contributed by atoms with E-state index >= 15 is 0 Å². The number of amides is 1. The molecule has 6 heteroatoms. The molecule has 0 aromatic heterocycles. The number of aliphatic hydroxyl groups excluding tert-OH is 1. The van der Waals surface area contributed by atoms with Crippen molar-refractivity contribution in [3.63, 3.8) is 0 Å². The highest BCUT2D eigenvalue weighted by molar-refractivity contribution is 5.70. The zero-order valence-electron chi connectivity index (χ0n) is 9.52. The highest BCUT2D eigenvalue weighted by Gasteiger charge is 2.14. The van der Waals surface area contributed by atoms with Gasteiger partial charge in [0.2, 0.25) is 0 Å². The van der Waals surface area contributed by atoms with E-state index in [0.29, 0.717) is 19.4 Å². The summed E-state index contributed by atoms with van der Waals surface area (Å²) in [6, 6.07) is 0. The van der Waals surface area contributed by atoms with Gasteiger partial charge in [-0.1, -0.05) is 0 Å². The second-order valence-electron chi connectivity index (χ2n) is 3.26. The Kier molecular flexibility index (Phi) is 8.24. The van der Waals surface area contributed by atoms with Crippen molar-refractivity contribution in [2.45, 2.75) is 26.2 Å². The first-order valence-corrected chi connectivity index (χ1v) is 5.36. The maximum absolute atomic E-state index is 11.4. The summed E-state index contributed by atoms with van der Waals surface area (Å²) in [6.07, 6.45) is 0.622. The summed E-state index contributed by atoms with van der Waals surface area (Å²) in [4.78, 5) is 23.1. The summed E-state index contributed by atoms with van der Waals surface area (Å²) in [6.45, 7) is 2.57. The Labute approximate surface area is 94.8 Å². The van der Waals surface area contributed by atoms with Gasteiger partial charge in [-0.25, -0.2) is 4.79 Å². The standard InChI is InChI=1S/C10H19NO5/c1-2-16-10(15)11(6-3-4-8-12)7-5-9(13)14/h12H,2-8H2,1H3,(H,13,14). The first kappa shape index (κ1) is 14.7. The molecule has 0 saturated carbocycles. The van der Waals surface area contributed by atoms with Crippen molar-refractivity contribution >= 4 is 12.1 Å². The summed E-state index contributed by atoms with van der Waals surface area (Å²) in [5.41, 5.74) is 0. The van der Waals surface area contributed by atoms with Crippen LogP contribution < -0.4 is 0 Å². The Balaban J connectivity index is 4.04. The molecule has 0 aliphatic carbocycles. The fourth-order valence-corrected chi connectivity index (χ4v) is 1.15. The lowest BCUT2D eigenvalue weighted by atomic mass is 10.3. The molecule has 2 N–H and O–H groups in total. The quantitative estimate of drug-likeness (QED) is 0.602. The lowest BCUT2D eigenvalue weighted by molar-refractivity contribution is -0.137. The van der Waals surface area contributed by atoms with Gasteiger partial charge in [0.15, 0.2) is 0 Å². The van der Waals surface area contributed by atoms with Crippen LogP contribution in [0.25, 0.3) is 0 Å². The molecule has 1 amide bonds. The number of carbonyl (C=O) groups excluding carboxylic acids is 1. The average Bonchev–Trinajstić information content (AvgIpc) is 2.23. The van der Waals surface area contributed by atoms with Crippen molar-refractivity contribution in [2.24, 2.45) is 0 Å². The Morgan fingerprint density at radius 3 is 2.44 bits per heavy atom.